The number of rotatable bonds is 6. The first-order valence-corrected chi connectivity index (χ1v) is 11.8. The van der Waals surface area contributed by atoms with Gasteiger partial charge in [-0.05, 0) is 42.8 Å². The second-order valence-corrected chi connectivity index (χ2v) is 9.32. The standard InChI is InChI=1S/C27H23F6N3O3/c1-15(2)35-23(37)14-34-24(38)21-11-10-20(18-8-3-4-9-19(18)21)22-13-25(39-36-22,27(31,32)33)16-6-5-7-17(12-16)26(28,29)30/h3-12,15H,13-14H2,1-2H3,(H,34,38)(H,35,37). The molecule has 2 amide bonds. The molecular weight excluding hydrogens is 528 g/mol. The number of carbonyl (C=O) groups is 2. The third-order valence-electron chi connectivity index (χ3n) is 6.18. The fourth-order valence-corrected chi connectivity index (χ4v) is 4.37. The molecule has 3 aromatic carbocycles. The summed E-state index contributed by atoms with van der Waals surface area (Å²) in [6.45, 7) is 3.25. The van der Waals surface area contributed by atoms with E-state index in [0.29, 0.717) is 22.9 Å². The average molecular weight is 551 g/mol. The van der Waals surface area contributed by atoms with Crippen molar-refractivity contribution in [2.24, 2.45) is 5.16 Å². The molecule has 0 aromatic heterocycles. The maximum absolute atomic E-state index is 14.4. The van der Waals surface area contributed by atoms with Crippen LogP contribution in [0, 0.1) is 0 Å². The molecule has 39 heavy (non-hydrogen) atoms. The van der Waals surface area contributed by atoms with Crippen molar-refractivity contribution in [2.75, 3.05) is 6.54 Å². The third-order valence-corrected chi connectivity index (χ3v) is 6.18. The van der Waals surface area contributed by atoms with Crippen LogP contribution in [-0.2, 0) is 21.4 Å². The zero-order chi connectivity index (χ0) is 28.6. The molecule has 1 heterocycles. The molecule has 206 valence electrons. The Morgan fingerprint density at radius 1 is 0.974 bits per heavy atom. The lowest BCUT2D eigenvalue weighted by atomic mass is 9.84. The molecule has 1 atom stereocenters. The summed E-state index contributed by atoms with van der Waals surface area (Å²) in [6.07, 6.45) is -10.8. The van der Waals surface area contributed by atoms with Crippen molar-refractivity contribution in [3.05, 3.63) is 82.9 Å². The Kier molecular flexibility index (Phi) is 7.33. The van der Waals surface area contributed by atoms with Crippen molar-refractivity contribution in [3.63, 3.8) is 0 Å². The topological polar surface area (TPSA) is 79.8 Å². The molecular formula is C27H23F6N3O3. The van der Waals surface area contributed by atoms with Crippen LogP contribution < -0.4 is 10.6 Å². The minimum absolute atomic E-state index is 0.122. The maximum Gasteiger partial charge on any atom is 0.435 e. The summed E-state index contributed by atoms with van der Waals surface area (Å²) in [5, 5.41) is 9.57. The Morgan fingerprint density at radius 2 is 1.67 bits per heavy atom. The first-order valence-electron chi connectivity index (χ1n) is 11.8. The lowest BCUT2D eigenvalue weighted by Crippen LogP contribution is -2.42. The average Bonchev–Trinajstić information content (AvgIpc) is 3.33. The van der Waals surface area contributed by atoms with Gasteiger partial charge in [-0.2, -0.15) is 26.3 Å². The molecule has 12 heteroatoms. The molecule has 0 saturated heterocycles. The van der Waals surface area contributed by atoms with E-state index in [1.54, 1.807) is 38.1 Å². The molecule has 1 aliphatic heterocycles. The van der Waals surface area contributed by atoms with Crippen molar-refractivity contribution in [1.82, 2.24) is 10.6 Å². The number of carbonyl (C=O) groups excluding carboxylic acids is 2. The number of hydrogen-bond donors (Lipinski definition) is 2. The van der Waals surface area contributed by atoms with Gasteiger partial charge < -0.3 is 15.5 Å². The molecule has 1 aliphatic rings. The SMILES string of the molecule is CC(C)NC(=O)CNC(=O)c1ccc(C2=NOC(c3cccc(C(F)(F)F)c3)(C(F)(F)F)C2)c2ccccc12. The van der Waals surface area contributed by atoms with Crippen LogP contribution in [0.4, 0.5) is 26.3 Å². The molecule has 0 fully saturated rings. The van der Waals surface area contributed by atoms with Gasteiger partial charge in [0.1, 0.15) is 0 Å². The van der Waals surface area contributed by atoms with Crippen molar-refractivity contribution in [3.8, 4) is 0 Å². The van der Waals surface area contributed by atoms with Crippen molar-refractivity contribution < 1.29 is 40.8 Å². The highest BCUT2D eigenvalue weighted by Crippen LogP contribution is 2.50. The normalized spacial score (nSPS) is 17.6. The van der Waals surface area contributed by atoms with Gasteiger partial charge in [0.25, 0.3) is 11.5 Å². The highest BCUT2D eigenvalue weighted by atomic mass is 19.4. The molecule has 4 rings (SSSR count). The summed E-state index contributed by atoms with van der Waals surface area (Å²) in [4.78, 5) is 29.7. The monoisotopic (exact) mass is 551 g/mol. The number of benzene rings is 3. The van der Waals surface area contributed by atoms with Crippen LogP contribution in [0.15, 0.2) is 65.8 Å². The van der Waals surface area contributed by atoms with Gasteiger partial charge in [0.2, 0.25) is 5.91 Å². The van der Waals surface area contributed by atoms with Gasteiger partial charge in [0.05, 0.1) is 17.8 Å². The van der Waals surface area contributed by atoms with E-state index in [-0.39, 0.29) is 29.4 Å². The third kappa shape index (κ3) is 5.55. The molecule has 0 saturated carbocycles. The summed E-state index contributed by atoms with van der Waals surface area (Å²) in [5.41, 5.74) is -4.87. The number of oxime groups is 1. The van der Waals surface area contributed by atoms with Gasteiger partial charge in [0, 0.05) is 29.2 Å². The smallest absolute Gasteiger partial charge is 0.374 e. The number of amides is 2. The summed E-state index contributed by atoms with van der Waals surface area (Å²) < 4.78 is 82.8. The van der Waals surface area contributed by atoms with E-state index in [1.807, 2.05) is 0 Å². The Balaban J connectivity index is 1.68. The molecule has 0 spiro atoms. The molecule has 0 radical (unpaired) electrons. The van der Waals surface area contributed by atoms with Crippen LogP contribution in [0.2, 0.25) is 0 Å². The molecule has 3 aromatic rings. The number of halogens is 6. The highest BCUT2D eigenvalue weighted by molar-refractivity contribution is 6.16. The Labute approximate surface area is 219 Å². The van der Waals surface area contributed by atoms with Gasteiger partial charge in [-0.3, -0.25) is 9.59 Å². The first-order chi connectivity index (χ1) is 18.2. The Morgan fingerprint density at radius 3 is 2.31 bits per heavy atom. The lowest BCUT2D eigenvalue weighted by Gasteiger charge is -2.30. The number of hydrogen-bond acceptors (Lipinski definition) is 4. The quantitative estimate of drug-likeness (QED) is 0.386. The summed E-state index contributed by atoms with van der Waals surface area (Å²) in [5.74, 6) is -0.968. The number of alkyl halides is 6. The van der Waals surface area contributed by atoms with E-state index in [0.717, 1.165) is 12.1 Å². The second kappa shape index (κ2) is 10.2. The fraction of sp³-hybridized carbons (Fsp3) is 0.296. The zero-order valence-corrected chi connectivity index (χ0v) is 20.7. The molecule has 2 N–H and O–H groups in total. The number of nitrogens with one attached hydrogen (secondary N) is 2. The van der Waals surface area contributed by atoms with E-state index in [2.05, 4.69) is 15.8 Å². The highest BCUT2D eigenvalue weighted by Gasteiger charge is 2.62. The Bertz CT molecular complexity index is 1450. The van der Waals surface area contributed by atoms with Crippen molar-refractivity contribution in [2.45, 2.75) is 44.3 Å². The van der Waals surface area contributed by atoms with Gasteiger partial charge >= 0.3 is 12.4 Å². The molecule has 0 bridgehead atoms. The van der Waals surface area contributed by atoms with E-state index in [1.165, 1.54) is 12.1 Å². The summed E-state index contributed by atoms with van der Waals surface area (Å²) >= 11 is 0. The summed E-state index contributed by atoms with van der Waals surface area (Å²) in [6, 6.07) is 12.0. The fourth-order valence-electron chi connectivity index (χ4n) is 4.37. The maximum atomic E-state index is 14.4. The number of nitrogens with zero attached hydrogens (tertiary/aromatic N) is 1. The van der Waals surface area contributed by atoms with E-state index >= 15 is 0 Å². The zero-order valence-electron chi connectivity index (χ0n) is 20.7. The minimum Gasteiger partial charge on any atom is -0.374 e. The first kappa shape index (κ1) is 27.9. The van der Waals surface area contributed by atoms with Crippen LogP contribution in [0.3, 0.4) is 0 Å². The minimum atomic E-state index is -5.10. The Hall–Kier alpha value is -4.09. The van der Waals surface area contributed by atoms with Crippen LogP contribution in [0.25, 0.3) is 10.8 Å². The predicted octanol–water partition coefficient (Wildman–Crippen LogP) is 5.70. The van der Waals surface area contributed by atoms with Crippen molar-refractivity contribution >= 4 is 28.3 Å². The van der Waals surface area contributed by atoms with Gasteiger partial charge in [-0.25, -0.2) is 0 Å². The van der Waals surface area contributed by atoms with E-state index in [9.17, 15) is 35.9 Å². The van der Waals surface area contributed by atoms with E-state index in [4.69, 9.17) is 4.84 Å². The number of fused-ring (bicyclic) bond motifs is 1. The molecule has 1 unspecified atom stereocenters. The van der Waals surface area contributed by atoms with Crippen molar-refractivity contribution in [1.29, 1.82) is 0 Å². The van der Waals surface area contributed by atoms with E-state index < -0.39 is 47.3 Å². The lowest BCUT2D eigenvalue weighted by molar-refractivity contribution is -0.276. The van der Waals surface area contributed by atoms with Crippen LogP contribution in [-0.4, -0.2) is 36.3 Å². The van der Waals surface area contributed by atoms with Crippen LogP contribution in [0.5, 0.6) is 0 Å². The van der Waals surface area contributed by atoms with Gasteiger partial charge in [0.15, 0.2) is 0 Å². The second-order valence-electron chi connectivity index (χ2n) is 9.32. The van der Waals surface area contributed by atoms with Gasteiger partial charge in [-0.1, -0.05) is 47.6 Å². The molecule has 6 nitrogen and oxygen atoms in total. The summed E-state index contributed by atoms with van der Waals surface area (Å²) in [7, 11) is 0. The van der Waals surface area contributed by atoms with Crippen LogP contribution >= 0.6 is 0 Å². The van der Waals surface area contributed by atoms with Gasteiger partial charge in [-0.15, -0.1) is 0 Å². The molecule has 0 aliphatic carbocycles. The largest absolute Gasteiger partial charge is 0.435 e. The predicted molar refractivity (Wildman–Crippen MR) is 131 cm³/mol. The van der Waals surface area contributed by atoms with Crippen LogP contribution in [0.1, 0.15) is 47.3 Å².